The Bertz CT molecular complexity index is 3380. The summed E-state index contributed by atoms with van der Waals surface area (Å²) in [4.78, 5) is 14.8. The molecule has 6 heteroatoms. The molecule has 0 bridgehead atoms. The minimum atomic E-state index is -0.483. The van der Waals surface area contributed by atoms with Gasteiger partial charge in [0.15, 0.2) is 17.5 Å². The molecule has 0 aliphatic carbocycles. The number of rotatable bonds is 4. The lowest BCUT2D eigenvalue weighted by molar-refractivity contribution is 0.669. The van der Waals surface area contributed by atoms with Gasteiger partial charge in [-0.1, -0.05) is 115 Å². The van der Waals surface area contributed by atoms with Gasteiger partial charge in [-0.3, -0.25) is 0 Å². The molecule has 0 radical (unpaired) electrons. The fraction of sp³-hybridized carbons (Fsp3) is 0. The first-order chi connectivity index (χ1) is 27.4. The van der Waals surface area contributed by atoms with E-state index in [0.29, 0.717) is 28.4 Å². The van der Waals surface area contributed by atoms with Crippen molar-refractivity contribution in [3.05, 3.63) is 158 Å². The second-order valence-electron chi connectivity index (χ2n) is 12.4. The number of thiophene rings is 1. The molecule has 11 rings (SSSR count). The van der Waals surface area contributed by atoms with Gasteiger partial charge in [-0.2, -0.15) is 0 Å². The van der Waals surface area contributed by atoms with Crippen LogP contribution in [-0.4, -0.2) is 19.5 Å². The topological polar surface area (TPSA) is 56.7 Å². The van der Waals surface area contributed by atoms with Crippen LogP contribution in [0.25, 0.3) is 104 Å². The van der Waals surface area contributed by atoms with Crippen LogP contribution < -0.4 is 0 Å². The molecule has 11 aromatic rings. The zero-order chi connectivity index (χ0) is 37.8. The van der Waals surface area contributed by atoms with Gasteiger partial charge in [0.25, 0.3) is 0 Å². The van der Waals surface area contributed by atoms with Crippen LogP contribution in [0, 0.1) is 0 Å². The van der Waals surface area contributed by atoms with Crippen LogP contribution in [0.4, 0.5) is 0 Å². The molecular weight excluding hydrogens is 645 g/mol. The minimum absolute atomic E-state index is 0.0152. The fourth-order valence-electron chi connectivity index (χ4n) is 7.35. The normalized spacial score (nSPS) is 13.3. The van der Waals surface area contributed by atoms with Gasteiger partial charge >= 0.3 is 0 Å². The van der Waals surface area contributed by atoms with Gasteiger partial charge in [0.2, 0.25) is 0 Å². The molecule has 4 heterocycles. The molecule has 0 unspecified atom stereocenters. The average Bonchev–Trinajstić information content (AvgIpc) is 3.91. The van der Waals surface area contributed by atoms with Crippen LogP contribution in [0.1, 0.15) is 6.85 Å². The monoisotopic (exact) mass is 675 g/mol. The third kappa shape index (κ3) is 4.30. The quantitative estimate of drug-likeness (QED) is 0.186. The Morgan fingerprint density at radius 2 is 1.16 bits per heavy atom. The SMILES string of the molecule is [2H]c1c([2H])c([2H])c(-c2nc(-c3cccc4c3sc3cc(-n5c6ccccc6c6ccccc65)ccc34)nc(-c3cccc4oc5ccccc5c34)n2)c([2H])c1[2H]. The van der Waals surface area contributed by atoms with Crippen molar-refractivity contribution in [2.75, 3.05) is 0 Å². The third-order valence-corrected chi connectivity index (χ3v) is 10.8. The van der Waals surface area contributed by atoms with E-state index >= 15 is 0 Å². The Kier molecular flexibility index (Phi) is 5.08. The molecule has 5 nitrogen and oxygen atoms in total. The number of hydrogen-bond acceptors (Lipinski definition) is 5. The predicted molar refractivity (Wildman–Crippen MR) is 211 cm³/mol. The highest BCUT2D eigenvalue weighted by Crippen LogP contribution is 2.42. The van der Waals surface area contributed by atoms with Gasteiger partial charge in [0, 0.05) is 64.1 Å². The molecular formula is C45H26N4OS. The predicted octanol–water partition coefficient (Wildman–Crippen LogP) is 12.2. The van der Waals surface area contributed by atoms with Crippen LogP contribution in [0.5, 0.6) is 0 Å². The van der Waals surface area contributed by atoms with E-state index in [1.54, 1.807) is 11.3 Å². The highest BCUT2D eigenvalue weighted by molar-refractivity contribution is 7.26. The standard InChI is InChI=1S/C45H26N4OS/c1-2-12-27(13-3-1)43-46-44(34-18-11-23-39-41(34)33-16-6-9-22-38(33)50-39)48-45(47-43)35-19-10-17-32-31-25-24-28(26-40(31)51-42(32)35)49-36-20-7-4-14-29(36)30-15-5-8-21-37(30)49/h1-26H/i1D,2D,3D,12D,13D. The Balaban J connectivity index is 1.17. The van der Waals surface area contributed by atoms with Gasteiger partial charge in [-0.25, -0.2) is 15.0 Å². The number of hydrogen-bond donors (Lipinski definition) is 0. The third-order valence-electron chi connectivity index (χ3n) is 9.56. The van der Waals surface area contributed by atoms with Crippen molar-refractivity contribution in [1.82, 2.24) is 19.5 Å². The molecule has 4 aromatic heterocycles. The minimum Gasteiger partial charge on any atom is -0.456 e. The van der Waals surface area contributed by atoms with Crippen molar-refractivity contribution in [2.45, 2.75) is 0 Å². The van der Waals surface area contributed by atoms with E-state index in [2.05, 4.69) is 77.4 Å². The molecule has 0 N–H and O–H groups in total. The van der Waals surface area contributed by atoms with Crippen LogP contribution in [0.15, 0.2) is 162 Å². The molecule has 0 spiro atoms. The molecule has 7 aromatic carbocycles. The lowest BCUT2D eigenvalue weighted by Gasteiger charge is -2.10. The van der Waals surface area contributed by atoms with Crippen LogP contribution in [0.2, 0.25) is 0 Å². The molecule has 0 amide bonds. The maximum Gasteiger partial charge on any atom is 0.165 e. The molecule has 0 aliphatic heterocycles. The van der Waals surface area contributed by atoms with E-state index in [1.165, 1.54) is 10.8 Å². The van der Waals surface area contributed by atoms with E-state index in [9.17, 15) is 0 Å². The van der Waals surface area contributed by atoms with Crippen molar-refractivity contribution < 1.29 is 11.3 Å². The summed E-state index contributed by atoms with van der Waals surface area (Å²) in [5.74, 6) is 0.598. The summed E-state index contributed by atoms with van der Waals surface area (Å²) >= 11 is 1.64. The summed E-state index contributed by atoms with van der Waals surface area (Å²) in [7, 11) is 0. The summed E-state index contributed by atoms with van der Waals surface area (Å²) < 4.78 is 53.3. The van der Waals surface area contributed by atoms with Gasteiger partial charge in [-0.15, -0.1) is 11.3 Å². The van der Waals surface area contributed by atoms with E-state index in [0.717, 1.165) is 53.2 Å². The second-order valence-corrected chi connectivity index (χ2v) is 13.5. The Hall–Kier alpha value is -6.63. The second kappa shape index (κ2) is 10.9. The van der Waals surface area contributed by atoms with Gasteiger partial charge in [-0.05, 0) is 42.5 Å². The summed E-state index contributed by atoms with van der Waals surface area (Å²) in [6.45, 7) is 0. The van der Waals surface area contributed by atoms with E-state index < -0.39 is 18.1 Å². The van der Waals surface area contributed by atoms with Crippen molar-refractivity contribution in [3.8, 4) is 39.9 Å². The van der Waals surface area contributed by atoms with Gasteiger partial charge < -0.3 is 8.98 Å². The Morgan fingerprint density at radius 1 is 0.529 bits per heavy atom. The lowest BCUT2D eigenvalue weighted by Crippen LogP contribution is -2.00. The largest absolute Gasteiger partial charge is 0.456 e. The van der Waals surface area contributed by atoms with Crippen molar-refractivity contribution in [3.63, 3.8) is 0 Å². The number of benzene rings is 7. The van der Waals surface area contributed by atoms with Crippen molar-refractivity contribution in [2.24, 2.45) is 0 Å². The maximum absolute atomic E-state index is 8.83. The number of nitrogens with zero attached hydrogens (tertiary/aromatic N) is 4. The van der Waals surface area contributed by atoms with Crippen LogP contribution >= 0.6 is 11.3 Å². The summed E-state index contributed by atoms with van der Waals surface area (Å²) in [5.41, 5.74) is 6.00. The van der Waals surface area contributed by atoms with Gasteiger partial charge in [0.05, 0.1) is 17.9 Å². The number of furan rings is 1. The zero-order valence-electron chi connectivity index (χ0n) is 31.7. The Labute approximate surface area is 302 Å². The van der Waals surface area contributed by atoms with E-state index in [4.69, 9.17) is 26.2 Å². The van der Waals surface area contributed by atoms with E-state index in [-0.39, 0.29) is 23.5 Å². The van der Waals surface area contributed by atoms with Crippen LogP contribution in [-0.2, 0) is 0 Å². The smallest absolute Gasteiger partial charge is 0.165 e. The number of fused-ring (bicyclic) bond motifs is 9. The highest BCUT2D eigenvalue weighted by Gasteiger charge is 2.20. The molecule has 51 heavy (non-hydrogen) atoms. The molecule has 0 aliphatic rings. The van der Waals surface area contributed by atoms with Gasteiger partial charge in [0.1, 0.15) is 11.2 Å². The molecule has 0 saturated carbocycles. The van der Waals surface area contributed by atoms with Crippen molar-refractivity contribution >= 4 is 75.3 Å². The van der Waals surface area contributed by atoms with E-state index in [1.807, 2.05) is 54.6 Å². The maximum atomic E-state index is 8.83. The highest BCUT2D eigenvalue weighted by atomic mass is 32.1. The summed E-state index contributed by atoms with van der Waals surface area (Å²) in [6.07, 6.45) is 0. The number of para-hydroxylation sites is 3. The summed E-state index contributed by atoms with van der Waals surface area (Å²) in [5, 5.41) is 6.21. The fourth-order valence-corrected chi connectivity index (χ4v) is 8.60. The number of aromatic nitrogens is 4. The Morgan fingerprint density at radius 3 is 1.96 bits per heavy atom. The first kappa shape index (κ1) is 23.7. The first-order valence-electron chi connectivity index (χ1n) is 19.0. The molecule has 0 atom stereocenters. The summed E-state index contributed by atoms with van der Waals surface area (Å²) in [6, 6.07) is 40.7. The zero-order valence-corrected chi connectivity index (χ0v) is 27.5. The molecule has 0 fully saturated rings. The molecule has 238 valence electrons. The van der Waals surface area contributed by atoms with Crippen molar-refractivity contribution in [1.29, 1.82) is 0 Å². The van der Waals surface area contributed by atoms with Crippen LogP contribution in [0.3, 0.4) is 0 Å². The molecule has 0 saturated heterocycles. The average molecular weight is 676 g/mol. The first-order valence-corrected chi connectivity index (χ1v) is 17.4. The lowest BCUT2D eigenvalue weighted by atomic mass is 10.0.